The first-order valence-electron chi connectivity index (χ1n) is 5.58. The Hall–Kier alpha value is -1.31. The quantitative estimate of drug-likeness (QED) is 0.648. The van der Waals surface area contributed by atoms with Gasteiger partial charge in [0.2, 0.25) is 0 Å². The third-order valence-electron chi connectivity index (χ3n) is 2.91. The molecule has 1 fully saturated rings. The smallest absolute Gasteiger partial charge is 0.285 e. The van der Waals surface area contributed by atoms with Crippen LogP contribution in [0, 0.1) is 10.1 Å². The fourth-order valence-electron chi connectivity index (χ4n) is 1.89. The molecule has 1 aliphatic heterocycles. The minimum absolute atomic E-state index is 0.131. The van der Waals surface area contributed by atoms with Crippen molar-refractivity contribution in [3.8, 4) is 0 Å². The lowest BCUT2D eigenvalue weighted by Crippen LogP contribution is -2.45. The summed E-state index contributed by atoms with van der Waals surface area (Å²) in [5.74, 6) is 0. The van der Waals surface area contributed by atoms with Crippen molar-refractivity contribution in [2.45, 2.75) is 22.6 Å². The van der Waals surface area contributed by atoms with Crippen molar-refractivity contribution in [2.24, 2.45) is 5.73 Å². The van der Waals surface area contributed by atoms with Gasteiger partial charge in [0.25, 0.3) is 5.69 Å². The fourth-order valence-corrected chi connectivity index (χ4v) is 3.45. The Labute approximate surface area is 107 Å². The molecule has 1 aliphatic rings. The summed E-state index contributed by atoms with van der Waals surface area (Å²) in [5.41, 5.74) is 5.77. The van der Waals surface area contributed by atoms with E-state index in [4.69, 9.17) is 10.5 Å². The normalized spacial score (nSPS) is 25.6. The molecule has 6 nitrogen and oxygen atoms in total. The number of rotatable bonds is 3. The van der Waals surface area contributed by atoms with E-state index in [1.807, 2.05) is 0 Å². The number of nitro groups is 1. The molecular weight excluding hydrogens is 256 g/mol. The highest BCUT2D eigenvalue weighted by atomic mass is 32.2. The molecule has 1 aromatic carbocycles. The Bertz CT molecular complexity index is 480. The van der Waals surface area contributed by atoms with Gasteiger partial charge in [-0.25, -0.2) is 0 Å². The lowest BCUT2D eigenvalue weighted by molar-refractivity contribution is -0.387. The fraction of sp³-hybridized carbons (Fsp3) is 0.455. The number of hydrogen-bond donors (Lipinski definition) is 1. The predicted molar refractivity (Wildman–Crippen MR) is 66.7 cm³/mol. The first kappa shape index (κ1) is 13.1. The molecule has 0 saturated carbocycles. The van der Waals surface area contributed by atoms with Crippen molar-refractivity contribution in [3.63, 3.8) is 0 Å². The standard InChI is InChI=1S/C11H14N2O4S/c12-8-5-6-17-7-11(8)18(16)10-4-2-1-3-9(10)13(14)15/h1-4,8,11H,5-7,12H2. The molecule has 1 aromatic rings. The number of ether oxygens (including phenoxy) is 1. The van der Waals surface area contributed by atoms with E-state index in [0.29, 0.717) is 13.0 Å². The zero-order valence-electron chi connectivity index (χ0n) is 9.65. The van der Waals surface area contributed by atoms with Gasteiger partial charge in [0.15, 0.2) is 0 Å². The summed E-state index contributed by atoms with van der Waals surface area (Å²) in [6.45, 7) is 0.825. The van der Waals surface area contributed by atoms with Gasteiger partial charge in [-0.2, -0.15) is 0 Å². The van der Waals surface area contributed by atoms with Gasteiger partial charge in [0.05, 0.1) is 27.6 Å². The minimum Gasteiger partial charge on any atom is -0.380 e. The van der Waals surface area contributed by atoms with Crippen LogP contribution in [0.3, 0.4) is 0 Å². The van der Waals surface area contributed by atoms with E-state index >= 15 is 0 Å². The molecular formula is C11H14N2O4S. The topological polar surface area (TPSA) is 95.5 Å². The molecule has 0 aromatic heterocycles. The molecule has 18 heavy (non-hydrogen) atoms. The number of nitrogens with two attached hydrogens (primary N) is 1. The van der Waals surface area contributed by atoms with E-state index in [-0.39, 0.29) is 28.5 Å². The van der Waals surface area contributed by atoms with Gasteiger partial charge in [-0.3, -0.25) is 14.3 Å². The zero-order chi connectivity index (χ0) is 13.1. The summed E-state index contributed by atoms with van der Waals surface area (Å²) in [4.78, 5) is 10.6. The molecule has 1 saturated heterocycles. The molecule has 2 rings (SSSR count). The van der Waals surface area contributed by atoms with Crippen LogP contribution in [0.15, 0.2) is 29.2 Å². The van der Waals surface area contributed by atoms with Crippen molar-refractivity contribution in [3.05, 3.63) is 34.4 Å². The van der Waals surface area contributed by atoms with Gasteiger partial charge in [-0.15, -0.1) is 0 Å². The van der Waals surface area contributed by atoms with E-state index in [1.165, 1.54) is 12.1 Å². The maximum Gasteiger partial charge on any atom is 0.285 e. The van der Waals surface area contributed by atoms with Gasteiger partial charge in [0, 0.05) is 18.7 Å². The maximum absolute atomic E-state index is 12.4. The average Bonchev–Trinajstić information content (AvgIpc) is 2.38. The Morgan fingerprint density at radius 3 is 2.83 bits per heavy atom. The largest absolute Gasteiger partial charge is 0.380 e. The van der Waals surface area contributed by atoms with E-state index in [0.717, 1.165) is 0 Å². The third kappa shape index (κ3) is 2.58. The van der Waals surface area contributed by atoms with Crippen LogP contribution >= 0.6 is 0 Å². The summed E-state index contributed by atoms with van der Waals surface area (Å²) in [6.07, 6.45) is 0.622. The van der Waals surface area contributed by atoms with Gasteiger partial charge in [-0.1, -0.05) is 12.1 Å². The molecule has 7 heteroatoms. The summed E-state index contributed by atoms with van der Waals surface area (Å²) in [7, 11) is -1.52. The monoisotopic (exact) mass is 270 g/mol. The van der Waals surface area contributed by atoms with Crippen LogP contribution in [0.5, 0.6) is 0 Å². The van der Waals surface area contributed by atoms with E-state index in [9.17, 15) is 14.3 Å². The van der Waals surface area contributed by atoms with Crippen LogP contribution in [-0.2, 0) is 15.5 Å². The van der Waals surface area contributed by atoms with Crippen LogP contribution in [0.1, 0.15) is 6.42 Å². The Kier molecular flexibility index (Phi) is 4.05. The molecule has 3 atom stereocenters. The molecule has 0 aliphatic carbocycles. The molecule has 0 amide bonds. The summed E-state index contributed by atoms with van der Waals surface area (Å²) < 4.78 is 17.6. The highest BCUT2D eigenvalue weighted by molar-refractivity contribution is 7.86. The number of hydrogen-bond acceptors (Lipinski definition) is 5. The van der Waals surface area contributed by atoms with E-state index in [1.54, 1.807) is 12.1 Å². The van der Waals surface area contributed by atoms with Gasteiger partial charge in [0.1, 0.15) is 4.90 Å². The highest BCUT2D eigenvalue weighted by Gasteiger charge is 2.32. The molecule has 0 spiro atoms. The molecule has 0 bridgehead atoms. The van der Waals surface area contributed by atoms with Crippen LogP contribution in [0.25, 0.3) is 0 Å². The number of benzene rings is 1. The van der Waals surface area contributed by atoms with Crippen LogP contribution in [-0.4, -0.2) is 33.6 Å². The van der Waals surface area contributed by atoms with E-state index < -0.39 is 15.7 Å². The molecule has 3 unspecified atom stereocenters. The number of para-hydroxylation sites is 1. The Balaban J connectivity index is 2.30. The number of nitro benzene ring substituents is 1. The van der Waals surface area contributed by atoms with E-state index in [2.05, 4.69) is 0 Å². The summed E-state index contributed by atoms with van der Waals surface area (Å²) in [6, 6.07) is 5.79. The molecule has 98 valence electrons. The van der Waals surface area contributed by atoms with Crippen molar-refractivity contribution in [1.82, 2.24) is 0 Å². The van der Waals surface area contributed by atoms with Crippen LogP contribution in [0.2, 0.25) is 0 Å². The Morgan fingerprint density at radius 1 is 1.44 bits per heavy atom. The second kappa shape index (κ2) is 5.55. The van der Waals surface area contributed by atoms with Gasteiger partial charge in [-0.05, 0) is 12.5 Å². The predicted octanol–water partition coefficient (Wildman–Crippen LogP) is 0.819. The summed E-state index contributed by atoms with van der Waals surface area (Å²) in [5, 5.41) is 10.5. The van der Waals surface area contributed by atoms with Crippen molar-refractivity contribution < 1.29 is 13.9 Å². The highest BCUT2D eigenvalue weighted by Crippen LogP contribution is 2.26. The van der Waals surface area contributed by atoms with Crippen LogP contribution in [0.4, 0.5) is 5.69 Å². The van der Waals surface area contributed by atoms with Crippen molar-refractivity contribution in [2.75, 3.05) is 13.2 Å². The summed E-state index contributed by atoms with van der Waals surface area (Å²) >= 11 is 0. The molecule has 2 N–H and O–H groups in total. The third-order valence-corrected chi connectivity index (χ3v) is 4.72. The van der Waals surface area contributed by atoms with Gasteiger partial charge >= 0.3 is 0 Å². The SMILES string of the molecule is NC1CCOCC1S(=O)c1ccccc1[N+](=O)[O-]. The second-order valence-corrected chi connectivity index (χ2v) is 5.73. The maximum atomic E-state index is 12.4. The first-order valence-corrected chi connectivity index (χ1v) is 6.80. The molecule has 0 radical (unpaired) electrons. The lowest BCUT2D eigenvalue weighted by atomic mass is 10.1. The molecule has 1 heterocycles. The number of nitrogens with zero attached hydrogens (tertiary/aromatic N) is 1. The zero-order valence-corrected chi connectivity index (χ0v) is 10.5. The average molecular weight is 270 g/mol. The van der Waals surface area contributed by atoms with Crippen molar-refractivity contribution >= 4 is 16.5 Å². The minimum atomic E-state index is -1.52. The van der Waals surface area contributed by atoms with Crippen molar-refractivity contribution in [1.29, 1.82) is 0 Å². The van der Waals surface area contributed by atoms with Crippen LogP contribution < -0.4 is 5.73 Å². The lowest BCUT2D eigenvalue weighted by Gasteiger charge is -2.27. The van der Waals surface area contributed by atoms with Gasteiger partial charge < -0.3 is 10.5 Å². The Morgan fingerprint density at radius 2 is 2.17 bits per heavy atom. The second-order valence-electron chi connectivity index (χ2n) is 4.09. The first-order chi connectivity index (χ1) is 8.61.